The fourth-order valence-electron chi connectivity index (χ4n) is 2.02. The first kappa shape index (κ1) is 15.6. The zero-order chi connectivity index (χ0) is 15.4. The summed E-state index contributed by atoms with van der Waals surface area (Å²) in [5.41, 5.74) is 4.02. The first-order valence-corrected chi connectivity index (χ1v) is 7.51. The Labute approximate surface area is 133 Å². The maximum absolute atomic E-state index is 11.9. The van der Waals surface area contributed by atoms with Gasteiger partial charge in [0, 0.05) is 10.2 Å². The molecule has 0 atom stereocenters. The number of carbonyl (C=O) groups excluding carboxylic acids is 1. The molecular weight excluding hydrogens is 330 g/mol. The average molecular weight is 348 g/mol. The number of rotatable bonds is 4. The highest BCUT2D eigenvalue weighted by Crippen LogP contribution is 2.25. The number of hydrogen-bond acceptors (Lipinski definition) is 2. The van der Waals surface area contributed by atoms with Crippen molar-refractivity contribution in [3.8, 4) is 5.75 Å². The van der Waals surface area contributed by atoms with Gasteiger partial charge in [0.1, 0.15) is 5.75 Å². The molecule has 1 amide bonds. The second kappa shape index (κ2) is 6.76. The number of anilines is 1. The second-order valence-electron chi connectivity index (χ2n) is 5.00. The van der Waals surface area contributed by atoms with Crippen LogP contribution in [-0.2, 0) is 4.79 Å². The maximum Gasteiger partial charge on any atom is 0.262 e. The number of ether oxygens (including phenoxy) is 1. The Bertz CT molecular complexity index is 651. The molecule has 0 heterocycles. The van der Waals surface area contributed by atoms with Crippen LogP contribution in [0.15, 0.2) is 40.9 Å². The summed E-state index contributed by atoms with van der Waals surface area (Å²) in [7, 11) is 0. The minimum absolute atomic E-state index is 0.00119. The van der Waals surface area contributed by atoms with Gasteiger partial charge >= 0.3 is 0 Å². The summed E-state index contributed by atoms with van der Waals surface area (Å²) in [4.78, 5) is 11.9. The Hall–Kier alpha value is -1.81. The van der Waals surface area contributed by atoms with Gasteiger partial charge in [0.05, 0.1) is 0 Å². The predicted molar refractivity (Wildman–Crippen MR) is 88.9 cm³/mol. The van der Waals surface area contributed by atoms with Gasteiger partial charge in [-0.2, -0.15) is 0 Å². The number of amides is 1. The van der Waals surface area contributed by atoms with Crippen LogP contribution in [0.1, 0.15) is 16.7 Å². The molecule has 0 aliphatic rings. The lowest BCUT2D eigenvalue weighted by Gasteiger charge is -2.14. The molecule has 0 saturated heterocycles. The van der Waals surface area contributed by atoms with E-state index in [1.807, 2.05) is 51.1 Å². The molecule has 0 spiro atoms. The first-order valence-electron chi connectivity index (χ1n) is 6.72. The van der Waals surface area contributed by atoms with Gasteiger partial charge < -0.3 is 10.1 Å². The standard InChI is InChI=1S/C17H18BrNO2/c1-11-4-5-12(2)17(13(11)3)21-10-16(20)19-15-8-6-14(18)7-9-15/h4-9H,10H2,1-3H3,(H,19,20). The zero-order valence-corrected chi connectivity index (χ0v) is 14.0. The van der Waals surface area contributed by atoms with E-state index in [1.54, 1.807) is 0 Å². The molecule has 0 aromatic heterocycles. The molecule has 1 N–H and O–H groups in total. The molecule has 2 rings (SSSR count). The van der Waals surface area contributed by atoms with E-state index in [1.165, 1.54) is 0 Å². The molecule has 2 aromatic rings. The van der Waals surface area contributed by atoms with Crippen LogP contribution in [0.25, 0.3) is 0 Å². The number of benzene rings is 2. The van der Waals surface area contributed by atoms with Crippen LogP contribution in [0, 0.1) is 20.8 Å². The van der Waals surface area contributed by atoms with Crippen molar-refractivity contribution in [1.29, 1.82) is 0 Å². The molecule has 0 unspecified atom stereocenters. The topological polar surface area (TPSA) is 38.3 Å². The summed E-state index contributed by atoms with van der Waals surface area (Å²) >= 11 is 3.36. The Morgan fingerprint density at radius 3 is 2.33 bits per heavy atom. The highest BCUT2D eigenvalue weighted by molar-refractivity contribution is 9.10. The van der Waals surface area contributed by atoms with E-state index < -0.39 is 0 Å². The van der Waals surface area contributed by atoms with Crippen molar-refractivity contribution in [2.24, 2.45) is 0 Å². The number of aryl methyl sites for hydroxylation is 2. The van der Waals surface area contributed by atoms with Crippen LogP contribution in [0.3, 0.4) is 0 Å². The molecule has 4 heteroatoms. The Balaban J connectivity index is 1.98. The number of hydrogen-bond donors (Lipinski definition) is 1. The fourth-order valence-corrected chi connectivity index (χ4v) is 2.28. The van der Waals surface area contributed by atoms with Gasteiger partial charge in [-0.1, -0.05) is 28.1 Å². The predicted octanol–water partition coefficient (Wildman–Crippen LogP) is 4.39. The third-order valence-electron chi connectivity index (χ3n) is 3.35. The van der Waals surface area contributed by atoms with E-state index in [0.717, 1.165) is 32.6 Å². The van der Waals surface area contributed by atoms with Crippen molar-refractivity contribution < 1.29 is 9.53 Å². The molecule has 0 aliphatic carbocycles. The van der Waals surface area contributed by atoms with Crippen molar-refractivity contribution in [3.63, 3.8) is 0 Å². The SMILES string of the molecule is Cc1ccc(C)c(OCC(=O)Nc2ccc(Br)cc2)c1C. The average Bonchev–Trinajstić information content (AvgIpc) is 2.45. The summed E-state index contributed by atoms with van der Waals surface area (Å²) in [5, 5.41) is 2.81. The smallest absolute Gasteiger partial charge is 0.262 e. The fraction of sp³-hybridized carbons (Fsp3) is 0.235. The third kappa shape index (κ3) is 4.08. The monoisotopic (exact) mass is 347 g/mol. The molecule has 0 radical (unpaired) electrons. The molecule has 0 bridgehead atoms. The van der Waals surface area contributed by atoms with E-state index in [2.05, 4.69) is 27.3 Å². The summed E-state index contributed by atoms with van der Waals surface area (Å²) < 4.78 is 6.66. The molecular formula is C17H18BrNO2. The van der Waals surface area contributed by atoms with Gasteiger partial charge in [0.15, 0.2) is 6.61 Å². The molecule has 0 aliphatic heterocycles. The van der Waals surface area contributed by atoms with Crippen molar-refractivity contribution in [3.05, 3.63) is 57.6 Å². The number of carbonyl (C=O) groups is 1. The Kier molecular flexibility index (Phi) is 5.02. The van der Waals surface area contributed by atoms with Crippen molar-refractivity contribution in [2.45, 2.75) is 20.8 Å². The number of halogens is 1. The molecule has 3 nitrogen and oxygen atoms in total. The lowest BCUT2D eigenvalue weighted by Crippen LogP contribution is -2.20. The van der Waals surface area contributed by atoms with Gasteiger partial charge in [-0.05, 0) is 61.7 Å². The third-order valence-corrected chi connectivity index (χ3v) is 3.88. The molecule has 110 valence electrons. The quantitative estimate of drug-likeness (QED) is 0.890. The van der Waals surface area contributed by atoms with Crippen LogP contribution in [0.4, 0.5) is 5.69 Å². The van der Waals surface area contributed by atoms with E-state index in [9.17, 15) is 4.79 Å². The normalized spacial score (nSPS) is 10.3. The highest BCUT2D eigenvalue weighted by atomic mass is 79.9. The Morgan fingerprint density at radius 2 is 1.67 bits per heavy atom. The molecule has 21 heavy (non-hydrogen) atoms. The highest BCUT2D eigenvalue weighted by Gasteiger charge is 2.09. The summed E-state index contributed by atoms with van der Waals surface area (Å²) in [6.07, 6.45) is 0. The molecule has 0 fully saturated rings. The van der Waals surface area contributed by atoms with Gasteiger partial charge in [0.25, 0.3) is 5.91 Å². The lowest BCUT2D eigenvalue weighted by atomic mass is 10.1. The van der Waals surface area contributed by atoms with E-state index >= 15 is 0 Å². The molecule has 2 aromatic carbocycles. The largest absolute Gasteiger partial charge is 0.483 e. The van der Waals surface area contributed by atoms with Crippen LogP contribution in [0.5, 0.6) is 5.75 Å². The summed E-state index contributed by atoms with van der Waals surface area (Å²) in [6, 6.07) is 11.5. The second-order valence-corrected chi connectivity index (χ2v) is 5.91. The number of nitrogens with one attached hydrogen (secondary N) is 1. The Morgan fingerprint density at radius 1 is 1.05 bits per heavy atom. The first-order chi connectivity index (χ1) is 9.97. The summed E-state index contributed by atoms with van der Waals surface area (Å²) in [6.45, 7) is 6.02. The van der Waals surface area contributed by atoms with Gasteiger partial charge in [-0.15, -0.1) is 0 Å². The van der Waals surface area contributed by atoms with Gasteiger partial charge in [-0.3, -0.25) is 4.79 Å². The van der Waals surface area contributed by atoms with Crippen molar-refractivity contribution in [2.75, 3.05) is 11.9 Å². The van der Waals surface area contributed by atoms with Crippen LogP contribution in [-0.4, -0.2) is 12.5 Å². The zero-order valence-electron chi connectivity index (χ0n) is 12.4. The van der Waals surface area contributed by atoms with E-state index in [0.29, 0.717) is 0 Å². The van der Waals surface area contributed by atoms with E-state index in [-0.39, 0.29) is 12.5 Å². The van der Waals surface area contributed by atoms with Gasteiger partial charge in [0.2, 0.25) is 0 Å². The summed E-state index contributed by atoms with van der Waals surface area (Å²) in [5.74, 6) is 0.624. The molecule has 0 saturated carbocycles. The van der Waals surface area contributed by atoms with Crippen molar-refractivity contribution >= 4 is 27.5 Å². The van der Waals surface area contributed by atoms with Crippen LogP contribution < -0.4 is 10.1 Å². The minimum Gasteiger partial charge on any atom is -0.483 e. The van der Waals surface area contributed by atoms with Gasteiger partial charge in [-0.25, -0.2) is 0 Å². The lowest BCUT2D eigenvalue weighted by molar-refractivity contribution is -0.118. The van der Waals surface area contributed by atoms with Crippen LogP contribution >= 0.6 is 15.9 Å². The maximum atomic E-state index is 11.9. The minimum atomic E-state index is -0.169. The van der Waals surface area contributed by atoms with Crippen molar-refractivity contribution in [1.82, 2.24) is 0 Å². The van der Waals surface area contributed by atoms with E-state index in [4.69, 9.17) is 4.74 Å². The van der Waals surface area contributed by atoms with Crippen LogP contribution in [0.2, 0.25) is 0 Å².